The van der Waals surface area contributed by atoms with Gasteiger partial charge in [0.1, 0.15) is 18.4 Å². The predicted molar refractivity (Wildman–Crippen MR) is 178 cm³/mol. The van der Waals surface area contributed by atoms with Gasteiger partial charge in [0.05, 0.1) is 17.8 Å². The molecule has 4 aromatic rings. The number of rotatable bonds is 14. The summed E-state index contributed by atoms with van der Waals surface area (Å²) in [5.74, 6) is 0.340. The Kier molecular flexibility index (Phi) is 12.5. The fourth-order valence-electron chi connectivity index (χ4n) is 4.17. The highest BCUT2D eigenvalue weighted by Gasteiger charge is 2.25. The number of nitrogens with zero attached hydrogens (tertiary/aromatic N) is 1. The van der Waals surface area contributed by atoms with E-state index in [0.29, 0.717) is 39.5 Å². The summed E-state index contributed by atoms with van der Waals surface area (Å²) in [5.41, 5.74) is 4.89. The first-order valence-corrected chi connectivity index (χ1v) is 15.3. The van der Waals surface area contributed by atoms with Gasteiger partial charge in [-0.15, -0.1) is 0 Å². The lowest BCUT2D eigenvalue weighted by Crippen LogP contribution is -2.50. The second-order valence-electron chi connectivity index (χ2n) is 9.84. The average Bonchev–Trinajstić information content (AvgIpc) is 3.03. The molecule has 0 bridgehead atoms. The lowest BCUT2D eigenvalue weighted by Gasteiger charge is -2.21. The van der Waals surface area contributed by atoms with Gasteiger partial charge in [-0.25, -0.2) is 5.43 Å². The quantitative estimate of drug-likeness (QED) is 0.109. The Morgan fingerprint density at radius 3 is 2.29 bits per heavy atom. The number of carbonyl (C=O) groups excluding carboxylic acids is 2. The molecule has 0 saturated heterocycles. The van der Waals surface area contributed by atoms with Crippen LogP contribution in [0.25, 0.3) is 0 Å². The summed E-state index contributed by atoms with van der Waals surface area (Å²) >= 11 is 18.4. The van der Waals surface area contributed by atoms with Gasteiger partial charge in [-0.05, 0) is 67.4 Å². The van der Waals surface area contributed by atoms with Crippen LogP contribution in [0.5, 0.6) is 17.2 Å². The van der Waals surface area contributed by atoms with E-state index in [0.717, 1.165) is 11.1 Å². The zero-order chi connectivity index (χ0) is 32.2. The molecule has 0 unspecified atom stereocenters. The third-order valence-electron chi connectivity index (χ3n) is 6.48. The average molecular weight is 669 g/mol. The van der Waals surface area contributed by atoms with Crippen LogP contribution in [0.3, 0.4) is 0 Å². The van der Waals surface area contributed by atoms with Crippen LogP contribution in [0, 0.1) is 0 Å². The molecule has 4 aromatic carbocycles. The lowest BCUT2D eigenvalue weighted by atomic mass is 10.1. The van der Waals surface area contributed by atoms with Crippen LogP contribution < -0.4 is 25.0 Å². The second-order valence-corrected chi connectivity index (χ2v) is 11.1. The van der Waals surface area contributed by atoms with E-state index in [1.807, 2.05) is 55.5 Å². The molecule has 0 radical (unpaired) electrons. The summed E-state index contributed by atoms with van der Waals surface area (Å²) in [6, 6.07) is 25.8. The zero-order valence-electron chi connectivity index (χ0n) is 24.6. The molecule has 11 heteroatoms. The number of ether oxygens (including phenoxy) is 3. The molecule has 8 nitrogen and oxygen atoms in total. The Labute approximate surface area is 277 Å². The molecule has 45 heavy (non-hydrogen) atoms. The standard InChI is InChI=1S/C34H32Cl3N3O5/c1-3-43-32-18-24(13-15-31(32)44-21-25-11-7-8-12-27(25)36)20-38-40-34(42)29(17-23-9-5-4-6-10-23)39-33(41)22(2)45-30-16-14-26(35)19-28(30)37/h4-16,18-20,22,29H,3,17,21H2,1-2H3,(H,39,41)(H,40,42)/b38-20-/t22-,29+/m1/s1. The van der Waals surface area contributed by atoms with Crippen molar-refractivity contribution >= 4 is 52.8 Å². The highest BCUT2D eigenvalue weighted by atomic mass is 35.5. The Hall–Kier alpha value is -4.24. The summed E-state index contributed by atoms with van der Waals surface area (Å²) in [4.78, 5) is 26.3. The van der Waals surface area contributed by atoms with Gasteiger partial charge in [-0.2, -0.15) is 5.10 Å². The van der Waals surface area contributed by atoms with Gasteiger partial charge < -0.3 is 19.5 Å². The molecule has 0 fully saturated rings. The highest BCUT2D eigenvalue weighted by molar-refractivity contribution is 6.35. The first-order valence-electron chi connectivity index (χ1n) is 14.2. The van der Waals surface area contributed by atoms with Crippen LogP contribution >= 0.6 is 34.8 Å². The van der Waals surface area contributed by atoms with E-state index in [1.165, 1.54) is 12.3 Å². The molecular weight excluding hydrogens is 637 g/mol. The van der Waals surface area contributed by atoms with Crippen LogP contribution in [0.2, 0.25) is 15.1 Å². The molecule has 4 rings (SSSR count). The number of hydrogen-bond donors (Lipinski definition) is 2. The first-order chi connectivity index (χ1) is 21.7. The van der Waals surface area contributed by atoms with Gasteiger partial charge in [0.15, 0.2) is 17.6 Å². The zero-order valence-corrected chi connectivity index (χ0v) is 26.9. The number of nitrogens with one attached hydrogen (secondary N) is 2. The number of benzene rings is 4. The predicted octanol–water partition coefficient (Wildman–Crippen LogP) is 7.27. The van der Waals surface area contributed by atoms with Crippen LogP contribution in [0.4, 0.5) is 0 Å². The smallest absolute Gasteiger partial charge is 0.262 e. The van der Waals surface area contributed by atoms with Crippen LogP contribution in [-0.2, 0) is 22.6 Å². The van der Waals surface area contributed by atoms with Gasteiger partial charge in [0.25, 0.3) is 11.8 Å². The topological polar surface area (TPSA) is 98.2 Å². The minimum Gasteiger partial charge on any atom is -0.490 e. The number of amides is 2. The van der Waals surface area contributed by atoms with Crippen molar-refractivity contribution in [3.8, 4) is 17.2 Å². The molecule has 0 aliphatic heterocycles. The second kappa shape index (κ2) is 16.7. The molecule has 234 valence electrons. The molecule has 2 atom stereocenters. The number of hydrazone groups is 1. The van der Waals surface area contributed by atoms with Crippen molar-refractivity contribution in [3.05, 3.63) is 123 Å². The largest absolute Gasteiger partial charge is 0.490 e. The van der Waals surface area contributed by atoms with Gasteiger partial charge >= 0.3 is 0 Å². The first kappa shape index (κ1) is 33.6. The minimum atomic E-state index is -0.950. The highest BCUT2D eigenvalue weighted by Crippen LogP contribution is 2.30. The molecule has 2 N–H and O–H groups in total. The van der Waals surface area contributed by atoms with E-state index in [9.17, 15) is 9.59 Å². The van der Waals surface area contributed by atoms with Crippen LogP contribution in [0.1, 0.15) is 30.5 Å². The normalized spacial score (nSPS) is 12.3. The third-order valence-corrected chi connectivity index (χ3v) is 7.38. The van der Waals surface area contributed by atoms with E-state index >= 15 is 0 Å². The molecule has 0 saturated carbocycles. The Bertz CT molecular complexity index is 1630. The van der Waals surface area contributed by atoms with Gasteiger partial charge in [-0.3, -0.25) is 9.59 Å². The number of hydrogen-bond acceptors (Lipinski definition) is 6. The molecule has 0 spiro atoms. The molecular formula is C34H32Cl3N3O5. The Balaban J connectivity index is 1.42. The maximum atomic E-state index is 13.2. The maximum Gasteiger partial charge on any atom is 0.262 e. The summed E-state index contributed by atoms with van der Waals surface area (Å²) in [7, 11) is 0. The van der Waals surface area contributed by atoms with Gasteiger partial charge in [0, 0.05) is 22.0 Å². The summed E-state index contributed by atoms with van der Waals surface area (Å²) in [6.07, 6.45) is 0.760. The molecule has 0 aromatic heterocycles. The van der Waals surface area contributed by atoms with Crippen molar-refractivity contribution < 1.29 is 23.8 Å². The van der Waals surface area contributed by atoms with Crippen molar-refractivity contribution in [1.29, 1.82) is 0 Å². The fourth-order valence-corrected chi connectivity index (χ4v) is 4.82. The van der Waals surface area contributed by atoms with Crippen molar-refractivity contribution in [3.63, 3.8) is 0 Å². The van der Waals surface area contributed by atoms with E-state index in [2.05, 4.69) is 15.8 Å². The summed E-state index contributed by atoms with van der Waals surface area (Å²) in [5, 5.41) is 8.22. The van der Waals surface area contributed by atoms with E-state index in [4.69, 9.17) is 49.0 Å². The summed E-state index contributed by atoms with van der Waals surface area (Å²) < 4.78 is 17.5. The minimum absolute atomic E-state index is 0.230. The number of carbonyl (C=O) groups is 2. The van der Waals surface area contributed by atoms with Crippen molar-refractivity contribution in [2.75, 3.05) is 6.61 Å². The fraction of sp³-hybridized carbons (Fsp3) is 0.206. The summed E-state index contributed by atoms with van der Waals surface area (Å²) in [6.45, 7) is 4.13. The Morgan fingerprint density at radius 2 is 1.56 bits per heavy atom. The van der Waals surface area contributed by atoms with E-state index < -0.39 is 24.0 Å². The molecule has 0 heterocycles. The van der Waals surface area contributed by atoms with Crippen LogP contribution in [0.15, 0.2) is 96.1 Å². The van der Waals surface area contributed by atoms with Crippen molar-refractivity contribution in [2.45, 2.75) is 39.0 Å². The van der Waals surface area contributed by atoms with Crippen LogP contribution in [-0.4, -0.2) is 36.8 Å². The number of halogens is 3. The Morgan fingerprint density at radius 1 is 0.822 bits per heavy atom. The van der Waals surface area contributed by atoms with Gasteiger partial charge in [-0.1, -0.05) is 83.3 Å². The lowest BCUT2D eigenvalue weighted by molar-refractivity contribution is -0.132. The molecule has 0 aliphatic rings. The van der Waals surface area contributed by atoms with Gasteiger partial charge in [0.2, 0.25) is 0 Å². The molecule has 0 aliphatic carbocycles. The third kappa shape index (κ3) is 10.1. The SMILES string of the molecule is CCOc1cc(/C=N\NC(=O)[C@H](Cc2ccccc2)NC(=O)[C@@H](C)Oc2ccc(Cl)cc2Cl)ccc1OCc1ccccc1Cl. The van der Waals surface area contributed by atoms with E-state index in [-0.39, 0.29) is 18.1 Å². The molecule has 2 amide bonds. The van der Waals surface area contributed by atoms with Crippen molar-refractivity contribution in [1.82, 2.24) is 10.7 Å². The van der Waals surface area contributed by atoms with E-state index in [1.54, 1.807) is 43.3 Å². The monoisotopic (exact) mass is 667 g/mol. The maximum absolute atomic E-state index is 13.2. The van der Waals surface area contributed by atoms with Crippen molar-refractivity contribution in [2.24, 2.45) is 5.10 Å².